The second kappa shape index (κ2) is 11.2. The molecule has 1 aliphatic rings. The third-order valence-electron chi connectivity index (χ3n) is 4.99. The Hall–Kier alpha value is -2.45. The topological polar surface area (TPSA) is 92.3 Å². The summed E-state index contributed by atoms with van der Waals surface area (Å²) in [6, 6.07) is 12.1. The van der Waals surface area contributed by atoms with E-state index in [1.54, 1.807) is 11.3 Å². The third-order valence-corrected chi connectivity index (χ3v) is 7.12. The number of carbonyl (C=O) groups is 4. The van der Waals surface area contributed by atoms with Crippen LogP contribution >= 0.6 is 23.1 Å². The van der Waals surface area contributed by atoms with Gasteiger partial charge in [0.25, 0.3) is 11.1 Å². The number of hydrogen-bond donors (Lipinski definition) is 2. The highest BCUT2D eigenvalue weighted by Crippen LogP contribution is 2.32. The highest BCUT2D eigenvalue weighted by molar-refractivity contribution is 8.15. The first kappa shape index (κ1) is 23.2. The molecule has 1 fully saturated rings. The van der Waals surface area contributed by atoms with Crippen LogP contribution in [-0.4, -0.2) is 34.6 Å². The number of imide groups is 1. The van der Waals surface area contributed by atoms with E-state index in [9.17, 15) is 19.2 Å². The number of unbranched alkanes of at least 4 members (excludes halogenated alkanes) is 2. The Morgan fingerprint density at radius 3 is 2.71 bits per heavy atom. The quantitative estimate of drug-likeness (QED) is 0.390. The van der Waals surface area contributed by atoms with Gasteiger partial charge in [0, 0.05) is 29.1 Å². The van der Waals surface area contributed by atoms with E-state index in [2.05, 4.69) is 23.6 Å². The van der Waals surface area contributed by atoms with Crippen LogP contribution in [0.3, 0.4) is 0 Å². The lowest BCUT2D eigenvalue weighted by Crippen LogP contribution is -2.32. The van der Waals surface area contributed by atoms with Crippen molar-refractivity contribution in [2.24, 2.45) is 0 Å². The van der Waals surface area contributed by atoms with Crippen molar-refractivity contribution in [3.63, 3.8) is 0 Å². The Kier molecular flexibility index (Phi) is 8.43. The molecule has 1 unspecified atom stereocenters. The van der Waals surface area contributed by atoms with E-state index in [0.29, 0.717) is 25.8 Å². The van der Waals surface area contributed by atoms with Crippen molar-refractivity contribution < 1.29 is 19.2 Å². The highest BCUT2D eigenvalue weighted by Gasteiger charge is 2.31. The Balaban J connectivity index is 1.52. The minimum Gasteiger partial charge on any atom is -0.349 e. The van der Waals surface area contributed by atoms with Crippen molar-refractivity contribution in [2.75, 3.05) is 6.54 Å². The molecule has 0 radical (unpaired) electrons. The van der Waals surface area contributed by atoms with Gasteiger partial charge in [0.05, 0.1) is 5.25 Å². The number of benzene rings is 1. The number of Topliss-reactive ketones (excluding diaryl/α,β-unsaturated/α-hetero) is 1. The molecule has 0 saturated carbocycles. The second-order valence-electron chi connectivity index (χ2n) is 7.44. The van der Waals surface area contributed by atoms with Gasteiger partial charge in [0.15, 0.2) is 0 Å². The van der Waals surface area contributed by atoms with Gasteiger partial charge in [-0.2, -0.15) is 0 Å². The average Bonchev–Trinajstić information content (AvgIpc) is 3.34. The number of thioether (sulfide) groups is 1. The molecule has 0 spiro atoms. The maximum absolute atomic E-state index is 11.9. The first-order chi connectivity index (χ1) is 15.0. The molecular formula is C23H26N2O4S2. The van der Waals surface area contributed by atoms with Crippen LogP contribution in [0.5, 0.6) is 0 Å². The van der Waals surface area contributed by atoms with E-state index in [1.807, 2.05) is 30.3 Å². The molecule has 1 atom stereocenters. The summed E-state index contributed by atoms with van der Waals surface area (Å²) in [5.74, 6) is -1.07. The van der Waals surface area contributed by atoms with E-state index in [0.717, 1.165) is 51.9 Å². The van der Waals surface area contributed by atoms with Crippen molar-refractivity contribution >= 4 is 45.9 Å². The van der Waals surface area contributed by atoms with Crippen molar-refractivity contribution in [1.29, 1.82) is 0 Å². The van der Waals surface area contributed by atoms with Gasteiger partial charge in [-0.1, -0.05) is 55.8 Å². The molecule has 1 aliphatic heterocycles. The molecule has 8 heteroatoms. The average molecular weight is 459 g/mol. The summed E-state index contributed by atoms with van der Waals surface area (Å²) >= 11 is 2.65. The summed E-state index contributed by atoms with van der Waals surface area (Å²) in [5, 5.41) is 4.39. The Morgan fingerprint density at radius 2 is 1.97 bits per heavy atom. The van der Waals surface area contributed by atoms with Crippen LogP contribution in [0.2, 0.25) is 0 Å². The van der Waals surface area contributed by atoms with Crippen LogP contribution in [0.15, 0.2) is 36.4 Å². The van der Waals surface area contributed by atoms with E-state index in [1.165, 1.54) is 0 Å². The number of rotatable bonds is 11. The van der Waals surface area contributed by atoms with E-state index < -0.39 is 5.91 Å². The summed E-state index contributed by atoms with van der Waals surface area (Å²) in [6.45, 7) is 2.48. The zero-order valence-corrected chi connectivity index (χ0v) is 19.1. The first-order valence-electron chi connectivity index (χ1n) is 10.5. The van der Waals surface area contributed by atoms with Crippen molar-refractivity contribution in [3.8, 4) is 10.4 Å². The minimum atomic E-state index is -0.498. The van der Waals surface area contributed by atoms with Crippen LogP contribution < -0.4 is 10.6 Å². The predicted octanol–water partition coefficient (Wildman–Crippen LogP) is 4.12. The zero-order chi connectivity index (χ0) is 22.2. The van der Waals surface area contributed by atoms with Crippen LogP contribution in [0.25, 0.3) is 10.4 Å². The first-order valence-corrected chi connectivity index (χ1v) is 12.2. The van der Waals surface area contributed by atoms with Crippen LogP contribution in [0, 0.1) is 0 Å². The lowest BCUT2D eigenvalue weighted by Gasteiger charge is -2.06. The zero-order valence-electron chi connectivity index (χ0n) is 17.4. The molecule has 2 N–H and O–H groups in total. The van der Waals surface area contributed by atoms with Gasteiger partial charge < -0.3 is 5.32 Å². The van der Waals surface area contributed by atoms with Gasteiger partial charge >= 0.3 is 0 Å². The highest BCUT2D eigenvalue weighted by atomic mass is 32.2. The number of nitrogens with one attached hydrogen (secondary N) is 2. The van der Waals surface area contributed by atoms with E-state index >= 15 is 0 Å². The van der Waals surface area contributed by atoms with E-state index in [-0.39, 0.29) is 22.2 Å². The maximum atomic E-state index is 11.9. The second-order valence-corrected chi connectivity index (χ2v) is 9.78. The van der Waals surface area contributed by atoms with E-state index in [4.69, 9.17) is 0 Å². The van der Waals surface area contributed by atoms with Gasteiger partial charge in [0.2, 0.25) is 11.7 Å². The van der Waals surface area contributed by atoms with Crippen LogP contribution in [0.1, 0.15) is 43.0 Å². The number of carbonyl (C=O) groups excluding carboxylic acids is 4. The van der Waals surface area contributed by atoms with Crippen molar-refractivity contribution in [3.05, 3.63) is 46.8 Å². The number of ketones is 1. The molecule has 1 saturated heterocycles. The lowest BCUT2D eigenvalue weighted by atomic mass is 10.1. The fraction of sp³-hybridized carbons (Fsp3) is 0.391. The van der Waals surface area contributed by atoms with Gasteiger partial charge in [-0.25, -0.2) is 0 Å². The standard InChI is InChI=1S/C23H26N2O4S2/c1-2-3-4-8-18(26)21(27)24-12-11-15-6-5-7-16(13-15)19-10-9-17(30-19)14-20-22(28)25-23(29)31-20/h5-7,9-10,13,20H,2-4,8,11-12,14H2,1H3,(H,24,27)(H,25,28,29). The predicted molar refractivity (Wildman–Crippen MR) is 124 cm³/mol. The molecule has 2 heterocycles. The van der Waals surface area contributed by atoms with Gasteiger partial charge in [-0.05, 0) is 36.1 Å². The largest absolute Gasteiger partial charge is 0.349 e. The van der Waals surface area contributed by atoms with Crippen LogP contribution in [0.4, 0.5) is 4.79 Å². The molecule has 31 heavy (non-hydrogen) atoms. The molecule has 0 bridgehead atoms. The summed E-state index contributed by atoms with van der Waals surface area (Å²) in [6.07, 6.45) is 4.22. The SMILES string of the molecule is CCCCCC(=O)C(=O)NCCc1cccc(-c2ccc(CC3SC(=O)NC3=O)s2)c1. The Morgan fingerprint density at radius 1 is 1.13 bits per heavy atom. The van der Waals surface area contributed by atoms with Gasteiger partial charge in [0.1, 0.15) is 0 Å². The number of thiophene rings is 1. The minimum absolute atomic E-state index is 0.224. The normalized spacial score (nSPS) is 15.7. The van der Waals surface area contributed by atoms with Crippen molar-refractivity contribution in [2.45, 2.75) is 50.7 Å². The molecular weight excluding hydrogens is 432 g/mol. The Bertz CT molecular complexity index is 970. The maximum Gasteiger partial charge on any atom is 0.287 e. The number of hydrogen-bond acceptors (Lipinski definition) is 6. The molecule has 3 rings (SSSR count). The summed E-state index contributed by atoms with van der Waals surface area (Å²) in [5.41, 5.74) is 2.14. The molecule has 0 aliphatic carbocycles. The molecule has 2 aromatic rings. The summed E-state index contributed by atoms with van der Waals surface area (Å²) in [7, 11) is 0. The summed E-state index contributed by atoms with van der Waals surface area (Å²) < 4.78 is 0. The van der Waals surface area contributed by atoms with Gasteiger partial charge in [-0.15, -0.1) is 11.3 Å². The molecule has 1 aromatic carbocycles. The fourth-order valence-corrected chi connectivity index (χ4v) is 5.30. The van der Waals surface area contributed by atoms with Crippen LogP contribution in [-0.2, 0) is 27.2 Å². The van der Waals surface area contributed by atoms with Gasteiger partial charge in [-0.3, -0.25) is 24.5 Å². The monoisotopic (exact) mass is 458 g/mol. The number of amides is 3. The third kappa shape index (κ3) is 6.77. The molecule has 3 amide bonds. The van der Waals surface area contributed by atoms with Crippen molar-refractivity contribution in [1.82, 2.24) is 10.6 Å². The summed E-state index contributed by atoms with van der Waals surface area (Å²) in [4.78, 5) is 48.9. The fourth-order valence-electron chi connectivity index (χ4n) is 3.30. The molecule has 1 aromatic heterocycles. The molecule has 164 valence electrons. The lowest BCUT2D eigenvalue weighted by molar-refractivity contribution is -0.137. The Labute approximate surface area is 190 Å². The smallest absolute Gasteiger partial charge is 0.287 e. The molecule has 6 nitrogen and oxygen atoms in total.